The molecule has 0 saturated heterocycles. The fourth-order valence-corrected chi connectivity index (χ4v) is 2.15. The van der Waals surface area contributed by atoms with E-state index in [9.17, 15) is 4.79 Å². The molecule has 0 aliphatic rings. The van der Waals surface area contributed by atoms with E-state index in [0.717, 1.165) is 17.7 Å². The molecule has 5 heteroatoms. The Labute approximate surface area is 142 Å². The third-order valence-corrected chi connectivity index (χ3v) is 3.47. The minimum absolute atomic E-state index is 0.294. The van der Waals surface area contributed by atoms with Gasteiger partial charge in [0.05, 0.1) is 18.4 Å². The van der Waals surface area contributed by atoms with E-state index in [0.29, 0.717) is 12.2 Å². The molecule has 1 aromatic carbocycles. The summed E-state index contributed by atoms with van der Waals surface area (Å²) in [5.74, 6) is 0.477. The Kier molecular flexibility index (Phi) is 7.47. The molecule has 0 bridgehead atoms. The first-order valence-electron chi connectivity index (χ1n) is 8.26. The Hall–Kier alpha value is -2.69. The van der Waals surface area contributed by atoms with E-state index in [1.807, 2.05) is 24.3 Å². The fourth-order valence-electron chi connectivity index (χ4n) is 2.15. The van der Waals surface area contributed by atoms with E-state index in [2.05, 4.69) is 22.4 Å². The molecule has 0 aliphatic carbocycles. The van der Waals surface area contributed by atoms with Crippen LogP contribution in [-0.4, -0.2) is 23.7 Å². The molecule has 1 amide bonds. The molecule has 1 heterocycles. The van der Waals surface area contributed by atoms with Crippen LogP contribution in [-0.2, 0) is 0 Å². The van der Waals surface area contributed by atoms with Gasteiger partial charge in [0.2, 0.25) is 0 Å². The molecule has 126 valence electrons. The van der Waals surface area contributed by atoms with E-state index < -0.39 is 0 Å². The number of amides is 1. The highest BCUT2D eigenvalue weighted by molar-refractivity contribution is 5.94. The zero-order valence-corrected chi connectivity index (χ0v) is 13.9. The molecule has 0 spiro atoms. The largest absolute Gasteiger partial charge is 0.493 e. The zero-order chi connectivity index (χ0) is 17.0. The molecule has 1 N–H and O–H groups in total. The third kappa shape index (κ3) is 5.83. The number of pyridine rings is 1. The minimum Gasteiger partial charge on any atom is -0.493 e. The number of hydrogen-bond donors (Lipinski definition) is 1. The highest BCUT2D eigenvalue weighted by Gasteiger charge is 2.04. The second-order valence-corrected chi connectivity index (χ2v) is 5.39. The highest BCUT2D eigenvalue weighted by atomic mass is 16.5. The van der Waals surface area contributed by atoms with Crippen molar-refractivity contribution in [2.24, 2.45) is 5.10 Å². The maximum Gasteiger partial charge on any atom is 0.272 e. The van der Waals surface area contributed by atoms with Crippen LogP contribution in [0.3, 0.4) is 0 Å². The zero-order valence-electron chi connectivity index (χ0n) is 13.9. The summed E-state index contributed by atoms with van der Waals surface area (Å²) in [4.78, 5) is 15.8. The Bertz CT molecular complexity index is 657. The van der Waals surface area contributed by atoms with Crippen molar-refractivity contribution in [1.82, 2.24) is 10.4 Å². The van der Waals surface area contributed by atoms with Gasteiger partial charge >= 0.3 is 0 Å². The first-order chi connectivity index (χ1) is 11.8. The summed E-state index contributed by atoms with van der Waals surface area (Å²) in [5.41, 5.74) is 3.79. The SMILES string of the molecule is CCCCCCOc1ccccc1/C=N/NC(=O)c1cccnc1. The second-order valence-electron chi connectivity index (χ2n) is 5.39. The predicted molar refractivity (Wildman–Crippen MR) is 95.4 cm³/mol. The number of unbranched alkanes of at least 4 members (excludes halogenated alkanes) is 3. The second kappa shape index (κ2) is 10.2. The van der Waals surface area contributed by atoms with Crippen LogP contribution >= 0.6 is 0 Å². The van der Waals surface area contributed by atoms with Crippen molar-refractivity contribution in [3.63, 3.8) is 0 Å². The van der Waals surface area contributed by atoms with Gasteiger partial charge in [-0.2, -0.15) is 5.10 Å². The van der Waals surface area contributed by atoms with Crippen LogP contribution in [0.1, 0.15) is 48.5 Å². The van der Waals surface area contributed by atoms with Crippen LogP contribution in [0.25, 0.3) is 0 Å². The van der Waals surface area contributed by atoms with Crippen LogP contribution in [0.5, 0.6) is 5.75 Å². The van der Waals surface area contributed by atoms with Crippen LogP contribution < -0.4 is 10.2 Å². The Morgan fingerprint density at radius 3 is 2.88 bits per heavy atom. The summed E-state index contributed by atoms with van der Waals surface area (Å²) in [6.45, 7) is 2.87. The van der Waals surface area contributed by atoms with Crippen LogP contribution in [0.2, 0.25) is 0 Å². The number of para-hydroxylation sites is 1. The smallest absolute Gasteiger partial charge is 0.272 e. The van der Waals surface area contributed by atoms with Gasteiger partial charge in [0.15, 0.2) is 0 Å². The number of nitrogens with zero attached hydrogens (tertiary/aromatic N) is 2. The average Bonchev–Trinajstić information content (AvgIpc) is 2.63. The Morgan fingerprint density at radius 2 is 2.08 bits per heavy atom. The number of carbonyl (C=O) groups excluding carboxylic acids is 1. The van der Waals surface area contributed by atoms with Gasteiger partial charge in [-0.05, 0) is 30.7 Å². The number of benzene rings is 1. The first-order valence-corrected chi connectivity index (χ1v) is 8.26. The first kappa shape index (κ1) is 17.7. The van der Waals surface area contributed by atoms with Crippen molar-refractivity contribution in [2.45, 2.75) is 32.6 Å². The van der Waals surface area contributed by atoms with Gasteiger partial charge in [0.25, 0.3) is 5.91 Å². The number of nitrogens with one attached hydrogen (secondary N) is 1. The molecule has 0 fully saturated rings. The lowest BCUT2D eigenvalue weighted by atomic mass is 10.2. The molecule has 5 nitrogen and oxygen atoms in total. The van der Waals surface area contributed by atoms with Gasteiger partial charge in [-0.15, -0.1) is 0 Å². The maximum absolute atomic E-state index is 11.9. The summed E-state index contributed by atoms with van der Waals surface area (Å²) in [6.07, 6.45) is 9.36. The number of hydrazone groups is 1. The van der Waals surface area contributed by atoms with E-state index in [1.54, 1.807) is 24.5 Å². The van der Waals surface area contributed by atoms with Crippen LogP contribution in [0.15, 0.2) is 53.9 Å². The summed E-state index contributed by atoms with van der Waals surface area (Å²) >= 11 is 0. The van der Waals surface area contributed by atoms with E-state index >= 15 is 0 Å². The molecule has 0 saturated carbocycles. The quantitative estimate of drug-likeness (QED) is 0.433. The van der Waals surface area contributed by atoms with E-state index in [1.165, 1.54) is 25.5 Å². The molecule has 0 unspecified atom stereocenters. The molecular weight excluding hydrogens is 302 g/mol. The van der Waals surface area contributed by atoms with Crippen molar-refractivity contribution in [3.05, 3.63) is 59.9 Å². The highest BCUT2D eigenvalue weighted by Crippen LogP contribution is 2.16. The van der Waals surface area contributed by atoms with Crippen molar-refractivity contribution < 1.29 is 9.53 Å². The molecule has 0 aliphatic heterocycles. The standard InChI is InChI=1S/C19H23N3O2/c1-2-3-4-7-13-24-18-11-6-5-9-16(18)15-21-22-19(23)17-10-8-12-20-14-17/h5-6,8-12,14-15H,2-4,7,13H2,1H3,(H,22,23)/b21-15+. The third-order valence-electron chi connectivity index (χ3n) is 3.47. The molecule has 0 atom stereocenters. The van der Waals surface area contributed by atoms with Gasteiger partial charge in [0, 0.05) is 18.0 Å². The topological polar surface area (TPSA) is 63.6 Å². The van der Waals surface area contributed by atoms with E-state index in [4.69, 9.17) is 4.74 Å². The fraction of sp³-hybridized carbons (Fsp3) is 0.316. The van der Waals surface area contributed by atoms with Crippen molar-refractivity contribution in [3.8, 4) is 5.75 Å². The average molecular weight is 325 g/mol. The number of hydrogen-bond acceptors (Lipinski definition) is 4. The van der Waals surface area contributed by atoms with Crippen molar-refractivity contribution in [1.29, 1.82) is 0 Å². The molecule has 0 radical (unpaired) electrons. The summed E-state index contributed by atoms with van der Waals surface area (Å²) in [6, 6.07) is 11.0. The predicted octanol–water partition coefficient (Wildman–Crippen LogP) is 3.80. The number of aromatic nitrogens is 1. The lowest BCUT2D eigenvalue weighted by molar-refractivity contribution is 0.0954. The van der Waals surface area contributed by atoms with Gasteiger partial charge < -0.3 is 4.74 Å². The monoisotopic (exact) mass is 325 g/mol. The van der Waals surface area contributed by atoms with Crippen molar-refractivity contribution >= 4 is 12.1 Å². The lowest BCUT2D eigenvalue weighted by Crippen LogP contribution is -2.17. The molecule has 1 aromatic heterocycles. The summed E-state index contributed by atoms with van der Waals surface area (Å²) in [7, 11) is 0. The van der Waals surface area contributed by atoms with Gasteiger partial charge in [0.1, 0.15) is 5.75 Å². The van der Waals surface area contributed by atoms with Crippen LogP contribution in [0, 0.1) is 0 Å². The minimum atomic E-state index is -0.294. The van der Waals surface area contributed by atoms with Crippen LogP contribution in [0.4, 0.5) is 0 Å². The Balaban J connectivity index is 1.88. The molecule has 2 aromatic rings. The van der Waals surface area contributed by atoms with Gasteiger partial charge in [-0.1, -0.05) is 38.3 Å². The lowest BCUT2D eigenvalue weighted by Gasteiger charge is -2.08. The summed E-state index contributed by atoms with van der Waals surface area (Å²) < 4.78 is 5.81. The van der Waals surface area contributed by atoms with Gasteiger partial charge in [-0.3, -0.25) is 9.78 Å². The molecule has 2 rings (SSSR count). The molecule has 24 heavy (non-hydrogen) atoms. The number of rotatable bonds is 9. The summed E-state index contributed by atoms with van der Waals surface area (Å²) in [5, 5.41) is 4.00. The van der Waals surface area contributed by atoms with Crippen molar-refractivity contribution in [2.75, 3.05) is 6.61 Å². The van der Waals surface area contributed by atoms with Gasteiger partial charge in [-0.25, -0.2) is 5.43 Å². The normalized spacial score (nSPS) is 10.7. The Morgan fingerprint density at radius 1 is 1.21 bits per heavy atom. The number of carbonyl (C=O) groups is 1. The van der Waals surface area contributed by atoms with E-state index in [-0.39, 0.29) is 5.91 Å². The number of ether oxygens (including phenoxy) is 1. The maximum atomic E-state index is 11.9. The molecular formula is C19H23N3O2.